The summed E-state index contributed by atoms with van der Waals surface area (Å²) in [5.74, 6) is 0.256. The molecule has 0 atom stereocenters. The van der Waals surface area contributed by atoms with E-state index >= 15 is 0 Å². The number of carbonyl (C=O) groups is 1. The summed E-state index contributed by atoms with van der Waals surface area (Å²) in [4.78, 5) is 12.9. The second-order valence-electron chi connectivity index (χ2n) is 3.12. The van der Waals surface area contributed by atoms with Crippen LogP contribution in [-0.2, 0) is 6.42 Å². The summed E-state index contributed by atoms with van der Waals surface area (Å²) in [6.45, 7) is 4.00. The lowest BCUT2D eigenvalue weighted by molar-refractivity contribution is 0.0984. The number of aryl methyl sites for hydroxylation is 1. The minimum atomic E-state index is 0.256. The third-order valence-electron chi connectivity index (χ3n) is 2.31. The summed E-state index contributed by atoms with van der Waals surface area (Å²) in [5, 5.41) is 0. The van der Waals surface area contributed by atoms with E-state index in [1.807, 2.05) is 31.4 Å². The van der Waals surface area contributed by atoms with Crippen molar-refractivity contribution in [2.75, 3.05) is 6.26 Å². The van der Waals surface area contributed by atoms with Gasteiger partial charge in [-0.05, 0) is 24.3 Å². The number of hydrogen-bond acceptors (Lipinski definition) is 2. The molecule has 0 aliphatic carbocycles. The lowest BCUT2D eigenvalue weighted by Crippen LogP contribution is -2.03. The van der Waals surface area contributed by atoms with Crippen LogP contribution in [-0.4, -0.2) is 12.0 Å². The molecule has 0 aliphatic rings. The van der Waals surface area contributed by atoms with Gasteiger partial charge in [-0.2, -0.15) is 0 Å². The van der Waals surface area contributed by atoms with Crippen LogP contribution in [0, 0.1) is 0 Å². The molecular weight excluding hydrogens is 192 g/mol. The minimum absolute atomic E-state index is 0.256. The van der Waals surface area contributed by atoms with Gasteiger partial charge in [0.15, 0.2) is 5.78 Å². The molecule has 14 heavy (non-hydrogen) atoms. The first-order valence-corrected chi connectivity index (χ1v) is 6.16. The third-order valence-corrected chi connectivity index (χ3v) is 3.09. The van der Waals surface area contributed by atoms with E-state index in [4.69, 9.17) is 0 Å². The van der Waals surface area contributed by atoms with Gasteiger partial charge in [-0.15, -0.1) is 11.8 Å². The van der Waals surface area contributed by atoms with Gasteiger partial charge in [-0.3, -0.25) is 4.79 Å². The molecule has 1 aromatic rings. The fourth-order valence-electron chi connectivity index (χ4n) is 1.53. The van der Waals surface area contributed by atoms with Crippen LogP contribution in [0.2, 0.25) is 0 Å². The topological polar surface area (TPSA) is 17.1 Å². The van der Waals surface area contributed by atoms with Gasteiger partial charge in [0.1, 0.15) is 0 Å². The molecule has 0 radical (unpaired) electrons. The maximum atomic E-state index is 11.8. The van der Waals surface area contributed by atoms with Crippen molar-refractivity contribution in [3.05, 3.63) is 29.3 Å². The fourth-order valence-corrected chi connectivity index (χ4v) is 2.20. The van der Waals surface area contributed by atoms with Crippen molar-refractivity contribution in [2.45, 2.75) is 31.6 Å². The number of thioether (sulfide) groups is 1. The SMILES string of the molecule is CCC(=O)c1c(CC)cccc1SC. The zero-order valence-electron chi connectivity index (χ0n) is 8.96. The lowest BCUT2D eigenvalue weighted by Gasteiger charge is -2.10. The zero-order chi connectivity index (χ0) is 10.6. The highest BCUT2D eigenvalue weighted by Gasteiger charge is 2.12. The van der Waals surface area contributed by atoms with E-state index in [0.717, 1.165) is 16.9 Å². The molecular formula is C12H16OS. The lowest BCUT2D eigenvalue weighted by atomic mass is 10.0. The van der Waals surface area contributed by atoms with Crippen molar-refractivity contribution >= 4 is 17.5 Å². The predicted octanol–water partition coefficient (Wildman–Crippen LogP) is 3.56. The molecule has 0 spiro atoms. The predicted molar refractivity (Wildman–Crippen MR) is 62.2 cm³/mol. The van der Waals surface area contributed by atoms with Crippen LogP contribution in [0.1, 0.15) is 36.2 Å². The van der Waals surface area contributed by atoms with Crippen molar-refractivity contribution in [3.63, 3.8) is 0 Å². The first kappa shape index (κ1) is 11.3. The molecule has 0 N–H and O–H groups in total. The van der Waals surface area contributed by atoms with E-state index in [1.54, 1.807) is 11.8 Å². The molecule has 1 aromatic carbocycles. The number of Topliss-reactive ketones (excluding diaryl/α,β-unsaturated/α-hetero) is 1. The van der Waals surface area contributed by atoms with E-state index in [-0.39, 0.29) is 5.78 Å². The Hall–Kier alpha value is -0.760. The summed E-state index contributed by atoms with van der Waals surface area (Å²) < 4.78 is 0. The van der Waals surface area contributed by atoms with Crippen molar-refractivity contribution in [1.82, 2.24) is 0 Å². The Kier molecular flexibility index (Phi) is 4.21. The number of rotatable bonds is 4. The smallest absolute Gasteiger partial charge is 0.164 e. The van der Waals surface area contributed by atoms with Crippen molar-refractivity contribution in [2.24, 2.45) is 0 Å². The van der Waals surface area contributed by atoms with E-state index in [1.165, 1.54) is 5.56 Å². The molecule has 0 heterocycles. The maximum Gasteiger partial charge on any atom is 0.164 e. The molecule has 0 saturated heterocycles. The van der Waals surface area contributed by atoms with Gasteiger partial charge in [0, 0.05) is 16.9 Å². The Morgan fingerprint density at radius 2 is 2.07 bits per heavy atom. The molecule has 2 heteroatoms. The van der Waals surface area contributed by atoms with Gasteiger partial charge in [0.05, 0.1) is 0 Å². The Morgan fingerprint density at radius 3 is 2.57 bits per heavy atom. The molecule has 0 unspecified atom stereocenters. The Labute approximate surface area is 89.9 Å². The highest BCUT2D eigenvalue weighted by atomic mass is 32.2. The van der Waals surface area contributed by atoms with Crippen molar-refractivity contribution < 1.29 is 4.79 Å². The highest BCUT2D eigenvalue weighted by Crippen LogP contribution is 2.25. The van der Waals surface area contributed by atoms with E-state index in [2.05, 4.69) is 6.92 Å². The number of benzene rings is 1. The van der Waals surface area contributed by atoms with E-state index in [0.29, 0.717) is 6.42 Å². The molecule has 0 aliphatic heterocycles. The van der Waals surface area contributed by atoms with Crippen molar-refractivity contribution in [3.8, 4) is 0 Å². The average Bonchev–Trinajstić information content (AvgIpc) is 2.26. The molecule has 0 bridgehead atoms. The van der Waals surface area contributed by atoms with Crippen LogP contribution in [0.4, 0.5) is 0 Å². The van der Waals surface area contributed by atoms with Crippen LogP contribution < -0.4 is 0 Å². The first-order valence-electron chi connectivity index (χ1n) is 4.93. The molecule has 0 saturated carbocycles. The van der Waals surface area contributed by atoms with Crippen LogP contribution in [0.25, 0.3) is 0 Å². The maximum absolute atomic E-state index is 11.8. The van der Waals surface area contributed by atoms with E-state index < -0.39 is 0 Å². The molecule has 0 fully saturated rings. The Balaban J connectivity index is 3.25. The largest absolute Gasteiger partial charge is 0.294 e. The number of ketones is 1. The van der Waals surface area contributed by atoms with Gasteiger partial charge < -0.3 is 0 Å². The second-order valence-corrected chi connectivity index (χ2v) is 3.97. The Morgan fingerprint density at radius 1 is 1.36 bits per heavy atom. The van der Waals surface area contributed by atoms with Gasteiger partial charge in [-0.1, -0.05) is 26.0 Å². The summed E-state index contributed by atoms with van der Waals surface area (Å²) in [7, 11) is 0. The quantitative estimate of drug-likeness (QED) is 0.556. The fraction of sp³-hybridized carbons (Fsp3) is 0.417. The Bertz CT molecular complexity index is 309. The first-order chi connectivity index (χ1) is 6.74. The van der Waals surface area contributed by atoms with Gasteiger partial charge in [0.2, 0.25) is 0 Å². The van der Waals surface area contributed by atoms with Crippen molar-refractivity contribution in [1.29, 1.82) is 0 Å². The summed E-state index contributed by atoms with van der Waals surface area (Å²) in [5.41, 5.74) is 2.11. The molecule has 1 rings (SSSR count). The number of hydrogen-bond donors (Lipinski definition) is 0. The van der Waals surface area contributed by atoms with Crippen LogP contribution in [0.3, 0.4) is 0 Å². The average molecular weight is 208 g/mol. The number of carbonyl (C=O) groups excluding carboxylic acids is 1. The molecule has 0 aromatic heterocycles. The van der Waals surface area contributed by atoms with E-state index in [9.17, 15) is 4.79 Å². The van der Waals surface area contributed by atoms with Crippen LogP contribution in [0.15, 0.2) is 23.1 Å². The third kappa shape index (κ3) is 2.18. The zero-order valence-corrected chi connectivity index (χ0v) is 9.78. The monoisotopic (exact) mass is 208 g/mol. The summed E-state index contributed by atoms with van der Waals surface area (Å²) in [6, 6.07) is 6.09. The standard InChI is InChI=1S/C12H16OS/c1-4-9-7-6-8-11(14-3)12(9)10(13)5-2/h6-8H,4-5H2,1-3H3. The highest BCUT2D eigenvalue weighted by molar-refractivity contribution is 7.98. The summed E-state index contributed by atoms with van der Waals surface area (Å²) >= 11 is 1.65. The van der Waals surface area contributed by atoms with Gasteiger partial charge in [-0.25, -0.2) is 0 Å². The summed E-state index contributed by atoms with van der Waals surface area (Å²) in [6.07, 6.45) is 3.53. The van der Waals surface area contributed by atoms with Crippen LogP contribution in [0.5, 0.6) is 0 Å². The van der Waals surface area contributed by atoms with Crippen LogP contribution >= 0.6 is 11.8 Å². The van der Waals surface area contributed by atoms with Gasteiger partial charge in [0.25, 0.3) is 0 Å². The normalized spacial score (nSPS) is 10.2. The second kappa shape index (κ2) is 5.20. The molecule has 76 valence electrons. The van der Waals surface area contributed by atoms with Gasteiger partial charge >= 0.3 is 0 Å². The minimum Gasteiger partial charge on any atom is -0.294 e. The molecule has 1 nitrogen and oxygen atoms in total. The molecule has 0 amide bonds.